The van der Waals surface area contributed by atoms with Crippen LogP contribution in [-0.2, 0) is 0 Å². The first kappa shape index (κ1) is 13.3. The van der Waals surface area contributed by atoms with Gasteiger partial charge >= 0.3 is 0 Å². The summed E-state index contributed by atoms with van der Waals surface area (Å²) in [4.78, 5) is 14.8. The lowest BCUT2D eigenvalue weighted by Crippen LogP contribution is -2.51. The van der Waals surface area contributed by atoms with Crippen molar-refractivity contribution in [2.75, 3.05) is 25.4 Å². The van der Waals surface area contributed by atoms with Crippen LogP contribution in [0.15, 0.2) is 24.3 Å². The quantitative estimate of drug-likeness (QED) is 0.864. The number of halogens is 1. The van der Waals surface area contributed by atoms with Gasteiger partial charge in [-0.2, -0.15) is 0 Å². The number of hydrogen-bond donors (Lipinski definition) is 1. The topological polar surface area (TPSA) is 32.3 Å². The molecule has 0 aromatic heterocycles. The Morgan fingerprint density at radius 3 is 2.63 bits per heavy atom. The van der Waals surface area contributed by atoms with E-state index in [1.54, 1.807) is 12.1 Å². The Morgan fingerprint density at radius 2 is 1.95 bits per heavy atom. The number of rotatable bonds is 1. The maximum atomic E-state index is 12.7. The number of nitrogens with zero attached hydrogens (tertiary/aromatic N) is 1. The average molecular weight is 297 g/mol. The van der Waals surface area contributed by atoms with Crippen molar-refractivity contribution >= 4 is 29.3 Å². The van der Waals surface area contributed by atoms with Crippen LogP contribution in [0.25, 0.3) is 0 Å². The minimum atomic E-state index is 0.0158. The molecule has 2 aliphatic rings. The summed E-state index contributed by atoms with van der Waals surface area (Å²) in [6, 6.07) is 7.21. The molecule has 3 rings (SSSR count). The van der Waals surface area contributed by atoms with Crippen molar-refractivity contribution in [2.24, 2.45) is 0 Å². The predicted molar refractivity (Wildman–Crippen MR) is 79.8 cm³/mol. The second-order valence-electron chi connectivity index (χ2n) is 5.01. The molecule has 0 saturated carbocycles. The molecule has 0 radical (unpaired) electrons. The van der Waals surface area contributed by atoms with Gasteiger partial charge in [-0.05, 0) is 50.2 Å². The number of carbonyl (C=O) groups excluding carboxylic acids is 1. The summed E-state index contributed by atoms with van der Waals surface area (Å²) >= 11 is 7.82. The minimum Gasteiger partial charge on any atom is -0.323 e. The molecule has 0 unspecified atom stereocenters. The van der Waals surface area contributed by atoms with Crippen molar-refractivity contribution in [3.63, 3.8) is 0 Å². The molecule has 2 fully saturated rings. The second kappa shape index (κ2) is 5.35. The molecule has 5 heteroatoms. The second-order valence-corrected chi connectivity index (χ2v) is 6.90. The van der Waals surface area contributed by atoms with E-state index in [1.165, 1.54) is 0 Å². The van der Waals surface area contributed by atoms with Crippen molar-refractivity contribution in [1.29, 1.82) is 0 Å². The van der Waals surface area contributed by atoms with Gasteiger partial charge in [-0.3, -0.25) is 4.79 Å². The largest absolute Gasteiger partial charge is 0.323 e. The summed E-state index contributed by atoms with van der Waals surface area (Å²) in [5.74, 6) is 1.18. The maximum Gasteiger partial charge on any atom is 0.254 e. The van der Waals surface area contributed by atoms with Crippen LogP contribution in [0, 0.1) is 0 Å². The van der Waals surface area contributed by atoms with Crippen LogP contribution in [0.1, 0.15) is 23.2 Å². The number of nitrogens with one attached hydrogen (secondary N) is 1. The molecule has 0 aliphatic carbocycles. The van der Waals surface area contributed by atoms with Gasteiger partial charge in [0, 0.05) is 22.9 Å². The fourth-order valence-electron chi connectivity index (χ4n) is 2.88. The Labute approximate surface area is 122 Å². The van der Waals surface area contributed by atoms with Crippen LogP contribution >= 0.6 is 23.4 Å². The minimum absolute atomic E-state index is 0.0158. The molecule has 0 atom stereocenters. The summed E-state index contributed by atoms with van der Waals surface area (Å²) in [6.07, 6.45) is 2.08. The Bertz CT molecular complexity index is 471. The standard InChI is InChI=1S/C14H17ClN2OS/c15-12-3-1-11(2-4-12)13(18)17-9-10-19-14(17)5-7-16-8-6-14/h1-4,16H,5-10H2. The number of carbonyl (C=O) groups is 1. The molecule has 2 heterocycles. The zero-order chi connectivity index (χ0) is 13.3. The number of piperidine rings is 1. The van der Waals surface area contributed by atoms with E-state index in [0.717, 1.165) is 43.8 Å². The van der Waals surface area contributed by atoms with E-state index < -0.39 is 0 Å². The highest BCUT2D eigenvalue weighted by Gasteiger charge is 2.45. The van der Waals surface area contributed by atoms with Gasteiger partial charge in [0.1, 0.15) is 0 Å². The lowest BCUT2D eigenvalue weighted by molar-refractivity contribution is 0.0635. The molecule has 1 aromatic rings. The maximum absolute atomic E-state index is 12.7. The molecular formula is C14H17ClN2OS. The predicted octanol–water partition coefficient (Wildman–Crippen LogP) is 2.61. The number of benzene rings is 1. The van der Waals surface area contributed by atoms with E-state index in [2.05, 4.69) is 10.2 Å². The van der Waals surface area contributed by atoms with Crippen molar-refractivity contribution < 1.29 is 4.79 Å². The Hall–Kier alpha value is -0.710. The van der Waals surface area contributed by atoms with Gasteiger partial charge in [0.2, 0.25) is 0 Å². The normalized spacial score (nSPS) is 21.8. The third-order valence-corrected chi connectivity index (χ3v) is 5.70. The van der Waals surface area contributed by atoms with Crippen molar-refractivity contribution in [1.82, 2.24) is 10.2 Å². The zero-order valence-corrected chi connectivity index (χ0v) is 12.3. The third-order valence-electron chi connectivity index (χ3n) is 3.90. The molecular weight excluding hydrogens is 280 g/mol. The first-order chi connectivity index (χ1) is 9.21. The molecule has 3 nitrogen and oxygen atoms in total. The van der Waals surface area contributed by atoms with Crippen LogP contribution in [0.2, 0.25) is 5.02 Å². The summed E-state index contributed by atoms with van der Waals surface area (Å²) in [5.41, 5.74) is 0.741. The van der Waals surface area contributed by atoms with Crippen molar-refractivity contribution in [3.8, 4) is 0 Å². The molecule has 2 saturated heterocycles. The lowest BCUT2D eigenvalue weighted by Gasteiger charge is -2.40. The van der Waals surface area contributed by atoms with E-state index in [1.807, 2.05) is 23.9 Å². The summed E-state index contributed by atoms with van der Waals surface area (Å²) in [5, 5.41) is 4.04. The fourth-order valence-corrected chi connectivity index (χ4v) is 4.48. The molecule has 0 bridgehead atoms. The molecule has 1 spiro atoms. The molecule has 2 aliphatic heterocycles. The SMILES string of the molecule is O=C(c1ccc(Cl)cc1)N1CCSC12CCNCC2. The van der Waals surface area contributed by atoms with Crippen LogP contribution in [0.4, 0.5) is 0 Å². The van der Waals surface area contributed by atoms with Gasteiger partial charge in [-0.1, -0.05) is 11.6 Å². The van der Waals surface area contributed by atoms with E-state index >= 15 is 0 Å². The van der Waals surface area contributed by atoms with E-state index in [0.29, 0.717) is 5.02 Å². The van der Waals surface area contributed by atoms with Crippen LogP contribution in [0.5, 0.6) is 0 Å². The molecule has 102 valence electrons. The number of hydrogen-bond acceptors (Lipinski definition) is 3. The van der Waals surface area contributed by atoms with Gasteiger partial charge in [0.05, 0.1) is 4.87 Å². The highest BCUT2D eigenvalue weighted by molar-refractivity contribution is 8.00. The number of thioether (sulfide) groups is 1. The molecule has 1 amide bonds. The summed E-state index contributed by atoms with van der Waals surface area (Å²) in [6.45, 7) is 2.85. The first-order valence-electron chi connectivity index (χ1n) is 6.63. The van der Waals surface area contributed by atoms with E-state index in [4.69, 9.17) is 11.6 Å². The Morgan fingerprint density at radius 1 is 1.26 bits per heavy atom. The smallest absolute Gasteiger partial charge is 0.254 e. The van der Waals surface area contributed by atoms with Gasteiger partial charge < -0.3 is 10.2 Å². The average Bonchev–Trinajstić information content (AvgIpc) is 2.83. The van der Waals surface area contributed by atoms with Gasteiger partial charge in [0.25, 0.3) is 5.91 Å². The van der Waals surface area contributed by atoms with Crippen LogP contribution in [-0.4, -0.2) is 41.1 Å². The fraction of sp³-hybridized carbons (Fsp3) is 0.500. The highest BCUT2D eigenvalue weighted by atomic mass is 35.5. The lowest BCUT2D eigenvalue weighted by atomic mass is 10.0. The van der Waals surface area contributed by atoms with E-state index in [-0.39, 0.29) is 10.8 Å². The monoisotopic (exact) mass is 296 g/mol. The molecule has 1 N–H and O–H groups in total. The first-order valence-corrected chi connectivity index (χ1v) is 8.00. The summed E-state index contributed by atoms with van der Waals surface area (Å²) < 4.78 is 0. The zero-order valence-electron chi connectivity index (χ0n) is 10.7. The van der Waals surface area contributed by atoms with Gasteiger partial charge in [-0.25, -0.2) is 0 Å². The van der Waals surface area contributed by atoms with Crippen molar-refractivity contribution in [2.45, 2.75) is 17.7 Å². The summed E-state index contributed by atoms with van der Waals surface area (Å²) in [7, 11) is 0. The van der Waals surface area contributed by atoms with Gasteiger partial charge in [-0.15, -0.1) is 11.8 Å². The van der Waals surface area contributed by atoms with Crippen LogP contribution in [0.3, 0.4) is 0 Å². The third kappa shape index (κ3) is 2.49. The number of amides is 1. The Kier molecular flexibility index (Phi) is 3.74. The molecule has 19 heavy (non-hydrogen) atoms. The van der Waals surface area contributed by atoms with Crippen molar-refractivity contribution in [3.05, 3.63) is 34.9 Å². The van der Waals surface area contributed by atoms with E-state index in [9.17, 15) is 4.79 Å². The highest BCUT2D eigenvalue weighted by Crippen LogP contribution is 2.43. The van der Waals surface area contributed by atoms with Crippen LogP contribution < -0.4 is 5.32 Å². The van der Waals surface area contributed by atoms with Gasteiger partial charge in [0.15, 0.2) is 0 Å². The Balaban J connectivity index is 1.84. The molecule has 1 aromatic carbocycles.